The number of amides is 1. The highest BCUT2D eigenvalue weighted by Crippen LogP contribution is 2.24. The van der Waals surface area contributed by atoms with Gasteiger partial charge in [-0.15, -0.1) is 11.3 Å². The minimum Gasteiger partial charge on any atom is -0.479 e. The third-order valence-electron chi connectivity index (χ3n) is 4.15. The maximum atomic E-state index is 12.6. The van der Waals surface area contributed by atoms with Crippen molar-refractivity contribution in [2.24, 2.45) is 0 Å². The first-order chi connectivity index (χ1) is 12.0. The number of ether oxygens (including phenoxy) is 2. The maximum Gasteiger partial charge on any atom is 0.347 e. The van der Waals surface area contributed by atoms with Crippen LogP contribution in [0.25, 0.3) is 0 Å². The fourth-order valence-corrected chi connectivity index (χ4v) is 3.66. The Hall–Kier alpha value is -2.34. The van der Waals surface area contributed by atoms with E-state index in [9.17, 15) is 9.59 Å². The lowest BCUT2D eigenvalue weighted by molar-refractivity contribution is -0.164. The Balaban J connectivity index is 1.53. The average molecular weight is 359 g/mol. The molecule has 25 heavy (non-hydrogen) atoms. The minimum absolute atomic E-state index is 0.169. The number of hydrogen-bond donors (Lipinski definition) is 0. The average Bonchev–Trinajstić information content (AvgIpc) is 3.09. The molecule has 0 spiro atoms. The summed E-state index contributed by atoms with van der Waals surface area (Å²) < 4.78 is 10.9. The molecule has 0 radical (unpaired) electrons. The molecule has 2 aromatic rings. The third kappa shape index (κ3) is 4.20. The lowest BCUT2D eigenvalue weighted by Crippen LogP contribution is -2.43. The highest BCUT2D eigenvalue weighted by Gasteiger charge is 2.29. The topological polar surface area (TPSA) is 55.8 Å². The van der Waals surface area contributed by atoms with E-state index in [0.29, 0.717) is 18.8 Å². The van der Waals surface area contributed by atoms with Gasteiger partial charge in [-0.05, 0) is 49.4 Å². The van der Waals surface area contributed by atoms with Crippen LogP contribution >= 0.6 is 11.3 Å². The van der Waals surface area contributed by atoms with Crippen molar-refractivity contribution < 1.29 is 19.1 Å². The van der Waals surface area contributed by atoms with Crippen molar-refractivity contribution in [2.45, 2.75) is 39.0 Å². The van der Waals surface area contributed by atoms with Crippen molar-refractivity contribution in [3.05, 3.63) is 52.2 Å². The molecule has 1 aliphatic heterocycles. The van der Waals surface area contributed by atoms with Crippen LogP contribution in [0.15, 0.2) is 41.8 Å². The summed E-state index contributed by atoms with van der Waals surface area (Å²) in [5.41, 5.74) is 1.18. The van der Waals surface area contributed by atoms with Crippen LogP contribution in [-0.2, 0) is 27.3 Å². The molecule has 0 saturated heterocycles. The quantitative estimate of drug-likeness (QED) is 0.770. The van der Waals surface area contributed by atoms with Gasteiger partial charge < -0.3 is 14.4 Å². The lowest BCUT2D eigenvalue weighted by Gasteiger charge is -2.29. The third-order valence-corrected chi connectivity index (χ3v) is 5.17. The van der Waals surface area contributed by atoms with Gasteiger partial charge in [-0.1, -0.05) is 18.2 Å². The van der Waals surface area contributed by atoms with Crippen molar-refractivity contribution in [1.29, 1.82) is 0 Å². The first kappa shape index (κ1) is 17.5. The molecule has 5 nitrogen and oxygen atoms in total. The number of carbonyl (C=O) groups excluding carboxylic acids is 2. The highest BCUT2D eigenvalue weighted by molar-refractivity contribution is 7.10. The summed E-state index contributed by atoms with van der Waals surface area (Å²) >= 11 is 1.72. The van der Waals surface area contributed by atoms with Crippen LogP contribution in [0.1, 0.15) is 24.3 Å². The van der Waals surface area contributed by atoms with Gasteiger partial charge in [0.15, 0.2) is 12.2 Å². The summed E-state index contributed by atoms with van der Waals surface area (Å²) in [7, 11) is 0. The van der Waals surface area contributed by atoms with Crippen molar-refractivity contribution in [3.63, 3.8) is 0 Å². The fourth-order valence-electron chi connectivity index (χ4n) is 2.77. The molecule has 2 atom stereocenters. The summed E-state index contributed by atoms with van der Waals surface area (Å²) in [5.74, 6) is -0.123. The summed E-state index contributed by atoms with van der Waals surface area (Å²) in [4.78, 5) is 27.8. The molecule has 3 rings (SSSR count). The molecule has 1 aliphatic rings. The fraction of sp³-hybridized carbons (Fsp3) is 0.368. The number of thiophene rings is 1. The molecule has 2 unspecified atom stereocenters. The predicted molar refractivity (Wildman–Crippen MR) is 95.5 cm³/mol. The van der Waals surface area contributed by atoms with Crippen molar-refractivity contribution in [3.8, 4) is 5.75 Å². The zero-order valence-corrected chi connectivity index (χ0v) is 15.1. The molecule has 2 heterocycles. The number of nitrogens with zero attached hydrogens (tertiary/aromatic N) is 1. The first-order valence-corrected chi connectivity index (χ1v) is 9.19. The number of rotatable bonds is 5. The second-order valence-corrected chi connectivity index (χ2v) is 7.03. The van der Waals surface area contributed by atoms with Crippen molar-refractivity contribution >= 4 is 23.2 Å². The lowest BCUT2D eigenvalue weighted by atomic mass is 10.1. The summed E-state index contributed by atoms with van der Waals surface area (Å²) in [5, 5.41) is 2.05. The SMILES string of the molecule is CC(Oc1ccccc1)C(=O)OC(C)C(=O)N1CCc2sccc2C1. The first-order valence-electron chi connectivity index (χ1n) is 8.31. The van der Waals surface area contributed by atoms with E-state index in [4.69, 9.17) is 9.47 Å². The highest BCUT2D eigenvalue weighted by atomic mass is 32.1. The molecular formula is C19H21NO4S. The second-order valence-electron chi connectivity index (χ2n) is 6.03. The van der Waals surface area contributed by atoms with Crippen molar-refractivity contribution in [1.82, 2.24) is 4.90 Å². The minimum atomic E-state index is -0.825. The largest absolute Gasteiger partial charge is 0.479 e. The Morgan fingerprint density at radius 3 is 2.64 bits per heavy atom. The van der Waals surface area contributed by atoms with Gasteiger partial charge in [-0.25, -0.2) is 4.79 Å². The Morgan fingerprint density at radius 2 is 1.88 bits per heavy atom. The molecule has 1 amide bonds. The Bertz CT molecular complexity index is 743. The van der Waals surface area contributed by atoms with E-state index in [1.165, 1.54) is 10.4 Å². The van der Waals surface area contributed by atoms with Gasteiger partial charge in [0.2, 0.25) is 0 Å². The molecule has 0 aliphatic carbocycles. The normalized spacial score (nSPS) is 15.8. The Kier molecular flexibility index (Phi) is 5.38. The number of para-hydroxylation sites is 1. The smallest absolute Gasteiger partial charge is 0.347 e. The van der Waals surface area contributed by atoms with E-state index < -0.39 is 18.2 Å². The van der Waals surface area contributed by atoms with Gasteiger partial charge >= 0.3 is 5.97 Å². The molecule has 1 aromatic carbocycles. The van der Waals surface area contributed by atoms with Crippen LogP contribution in [0.4, 0.5) is 0 Å². The molecule has 0 bridgehead atoms. The van der Waals surface area contributed by atoms with Crippen LogP contribution in [0.2, 0.25) is 0 Å². The number of carbonyl (C=O) groups is 2. The molecule has 0 fully saturated rings. The van der Waals surface area contributed by atoms with Gasteiger partial charge in [0.25, 0.3) is 5.91 Å². The Labute approximate surface area is 151 Å². The van der Waals surface area contributed by atoms with E-state index in [1.54, 1.807) is 42.2 Å². The van der Waals surface area contributed by atoms with Gasteiger partial charge in [0.1, 0.15) is 5.75 Å². The van der Waals surface area contributed by atoms with Crippen LogP contribution in [0.3, 0.4) is 0 Å². The number of benzene rings is 1. The maximum absolute atomic E-state index is 12.6. The van der Waals surface area contributed by atoms with Gasteiger partial charge in [-0.3, -0.25) is 4.79 Å². The van der Waals surface area contributed by atoms with Crippen LogP contribution in [0, 0.1) is 0 Å². The van der Waals surface area contributed by atoms with Gasteiger partial charge in [0, 0.05) is 18.0 Å². The molecule has 0 N–H and O–H groups in total. The van der Waals surface area contributed by atoms with E-state index in [0.717, 1.165) is 6.42 Å². The summed E-state index contributed by atoms with van der Waals surface area (Å²) in [6, 6.07) is 11.1. The number of hydrogen-bond acceptors (Lipinski definition) is 5. The number of esters is 1. The van der Waals surface area contributed by atoms with Crippen LogP contribution < -0.4 is 4.74 Å². The summed E-state index contributed by atoms with van der Waals surface area (Å²) in [6.07, 6.45) is -0.746. The molecule has 132 valence electrons. The van der Waals surface area contributed by atoms with E-state index >= 15 is 0 Å². The van der Waals surface area contributed by atoms with Gasteiger partial charge in [-0.2, -0.15) is 0 Å². The van der Waals surface area contributed by atoms with Crippen LogP contribution in [-0.4, -0.2) is 35.5 Å². The zero-order chi connectivity index (χ0) is 17.8. The van der Waals surface area contributed by atoms with E-state index in [-0.39, 0.29) is 5.91 Å². The Morgan fingerprint density at radius 1 is 1.12 bits per heavy atom. The van der Waals surface area contributed by atoms with E-state index in [1.807, 2.05) is 29.6 Å². The second kappa shape index (κ2) is 7.70. The van der Waals surface area contributed by atoms with Crippen LogP contribution in [0.5, 0.6) is 5.75 Å². The van der Waals surface area contributed by atoms with Crippen molar-refractivity contribution in [2.75, 3.05) is 6.54 Å². The monoisotopic (exact) mass is 359 g/mol. The molecule has 1 aromatic heterocycles. The molecule has 6 heteroatoms. The van der Waals surface area contributed by atoms with E-state index in [2.05, 4.69) is 0 Å². The molecule has 0 saturated carbocycles. The number of fused-ring (bicyclic) bond motifs is 1. The zero-order valence-electron chi connectivity index (χ0n) is 14.3. The molecular weight excluding hydrogens is 338 g/mol. The van der Waals surface area contributed by atoms with Gasteiger partial charge in [0.05, 0.1) is 0 Å². The standard InChI is InChI=1S/C19H21NO4S/c1-13(18(21)20-10-8-17-15(12-20)9-11-25-17)24-19(22)14(2)23-16-6-4-3-5-7-16/h3-7,9,11,13-14H,8,10,12H2,1-2H3. The predicted octanol–water partition coefficient (Wildman–Crippen LogP) is 3.03. The summed E-state index contributed by atoms with van der Waals surface area (Å²) in [6.45, 7) is 4.46.